The van der Waals surface area contributed by atoms with Crippen LogP contribution >= 0.6 is 11.3 Å². The predicted molar refractivity (Wildman–Crippen MR) is 68.5 cm³/mol. The minimum absolute atomic E-state index is 0.141. The number of carbonyl (C=O) groups is 1. The molecule has 3 rings (SSSR count). The zero-order valence-corrected chi connectivity index (χ0v) is 11.5. The van der Waals surface area contributed by atoms with Crippen LogP contribution in [0, 0.1) is 11.8 Å². The highest BCUT2D eigenvalue weighted by atomic mass is 32.1. The molecule has 2 fully saturated rings. The first-order valence-corrected chi connectivity index (χ1v) is 7.59. The van der Waals surface area contributed by atoms with E-state index >= 15 is 0 Å². The van der Waals surface area contributed by atoms with E-state index in [1.807, 2.05) is 0 Å². The van der Waals surface area contributed by atoms with Gasteiger partial charge in [-0.25, -0.2) is 0 Å². The summed E-state index contributed by atoms with van der Waals surface area (Å²) in [6, 6.07) is 3.53. The van der Waals surface area contributed by atoms with Crippen LogP contribution in [-0.2, 0) is 4.79 Å². The van der Waals surface area contributed by atoms with Gasteiger partial charge in [-0.2, -0.15) is 13.2 Å². The highest BCUT2D eigenvalue weighted by molar-refractivity contribution is 7.10. The molecule has 1 heterocycles. The van der Waals surface area contributed by atoms with Crippen molar-refractivity contribution in [2.45, 2.75) is 43.4 Å². The minimum Gasteiger partial charge on any atom is -0.380 e. The van der Waals surface area contributed by atoms with E-state index in [2.05, 4.69) is 0 Å². The quantitative estimate of drug-likeness (QED) is 0.862. The first kappa shape index (κ1) is 14.1. The lowest BCUT2D eigenvalue weighted by Gasteiger charge is -2.49. The lowest BCUT2D eigenvalue weighted by atomic mass is 9.58. The lowest BCUT2D eigenvalue weighted by molar-refractivity contribution is -0.289. The zero-order valence-electron chi connectivity index (χ0n) is 10.7. The van der Waals surface area contributed by atoms with Gasteiger partial charge in [-0.3, -0.25) is 4.79 Å². The number of thiophene rings is 1. The van der Waals surface area contributed by atoms with Crippen LogP contribution in [-0.4, -0.2) is 22.7 Å². The summed E-state index contributed by atoms with van der Waals surface area (Å²) >= 11 is 1.36. The van der Waals surface area contributed by atoms with Gasteiger partial charge in [0.05, 0.1) is 5.92 Å². The van der Waals surface area contributed by atoms with Crippen molar-refractivity contribution in [2.24, 2.45) is 11.8 Å². The summed E-state index contributed by atoms with van der Waals surface area (Å²) in [5.41, 5.74) is -2.87. The molecule has 110 valence electrons. The van der Waals surface area contributed by atoms with Gasteiger partial charge in [0, 0.05) is 16.7 Å². The molecule has 4 atom stereocenters. The van der Waals surface area contributed by atoms with E-state index < -0.39 is 35.8 Å². The number of fused-ring (bicyclic) bond motifs is 2. The summed E-state index contributed by atoms with van der Waals surface area (Å²) in [5, 5.41) is 12.0. The van der Waals surface area contributed by atoms with Crippen LogP contribution in [0.1, 0.15) is 36.5 Å². The van der Waals surface area contributed by atoms with Crippen molar-refractivity contribution >= 4 is 17.1 Å². The Bertz CT molecular complexity index is 511. The van der Waals surface area contributed by atoms with E-state index in [1.54, 1.807) is 17.5 Å². The number of hydrogen-bond acceptors (Lipinski definition) is 3. The highest BCUT2D eigenvalue weighted by Gasteiger charge is 2.65. The van der Waals surface area contributed by atoms with Crippen molar-refractivity contribution in [3.8, 4) is 0 Å². The summed E-state index contributed by atoms with van der Waals surface area (Å²) < 4.78 is 39.9. The molecule has 1 N–H and O–H groups in total. The highest BCUT2D eigenvalue weighted by Crippen LogP contribution is 2.55. The van der Waals surface area contributed by atoms with Crippen molar-refractivity contribution in [2.75, 3.05) is 0 Å². The Morgan fingerprint density at radius 3 is 2.65 bits per heavy atom. The molecule has 0 unspecified atom stereocenters. The van der Waals surface area contributed by atoms with Gasteiger partial charge in [0.2, 0.25) is 0 Å². The number of aliphatic hydroxyl groups is 1. The van der Waals surface area contributed by atoms with Gasteiger partial charge in [-0.1, -0.05) is 12.5 Å². The first-order chi connectivity index (χ1) is 9.34. The van der Waals surface area contributed by atoms with Crippen LogP contribution in [0.15, 0.2) is 17.5 Å². The average molecular weight is 304 g/mol. The van der Waals surface area contributed by atoms with Crippen molar-refractivity contribution in [3.63, 3.8) is 0 Å². The number of Topliss-reactive ketones (excluding diaryl/α,β-unsaturated/α-hetero) is 1. The van der Waals surface area contributed by atoms with E-state index in [0.717, 1.165) is 4.88 Å². The maximum atomic E-state index is 13.3. The molecule has 2 bridgehead atoms. The Labute approximate surface area is 118 Å². The topological polar surface area (TPSA) is 37.3 Å². The Morgan fingerprint density at radius 1 is 1.30 bits per heavy atom. The second kappa shape index (κ2) is 4.56. The summed E-state index contributed by atoms with van der Waals surface area (Å²) in [5.74, 6) is -2.56. The Hall–Kier alpha value is -0.880. The maximum Gasteiger partial charge on any atom is 0.417 e. The Balaban J connectivity index is 2.04. The van der Waals surface area contributed by atoms with Crippen molar-refractivity contribution in [3.05, 3.63) is 22.4 Å². The molecule has 6 heteroatoms. The van der Waals surface area contributed by atoms with E-state index in [-0.39, 0.29) is 12.3 Å². The summed E-state index contributed by atoms with van der Waals surface area (Å²) in [4.78, 5) is 13.1. The van der Waals surface area contributed by atoms with Crippen LogP contribution in [0.3, 0.4) is 0 Å². The number of hydrogen-bond donors (Lipinski definition) is 1. The normalized spacial score (nSPS) is 38.0. The molecular weight excluding hydrogens is 289 g/mol. The largest absolute Gasteiger partial charge is 0.417 e. The van der Waals surface area contributed by atoms with E-state index in [0.29, 0.717) is 12.8 Å². The molecule has 2 saturated carbocycles. The SMILES string of the molecule is O=C1[C@H]2CCC[C@@H]1[C@](O)(C(F)(F)F)C[C@H]2c1cccs1. The van der Waals surface area contributed by atoms with E-state index in [1.165, 1.54) is 11.3 Å². The molecule has 2 aliphatic rings. The van der Waals surface area contributed by atoms with Gasteiger partial charge < -0.3 is 5.11 Å². The second-order valence-corrected chi connectivity index (χ2v) is 6.72. The van der Waals surface area contributed by atoms with E-state index in [9.17, 15) is 23.1 Å². The van der Waals surface area contributed by atoms with Crippen molar-refractivity contribution in [1.29, 1.82) is 0 Å². The molecule has 0 aliphatic heterocycles. The van der Waals surface area contributed by atoms with Gasteiger partial charge in [-0.15, -0.1) is 11.3 Å². The van der Waals surface area contributed by atoms with Crippen molar-refractivity contribution in [1.82, 2.24) is 0 Å². The molecular formula is C14H15F3O2S. The van der Waals surface area contributed by atoms with Gasteiger partial charge >= 0.3 is 6.18 Å². The van der Waals surface area contributed by atoms with Gasteiger partial charge in [0.15, 0.2) is 5.60 Å². The molecule has 0 spiro atoms. The van der Waals surface area contributed by atoms with E-state index in [4.69, 9.17) is 0 Å². The fraction of sp³-hybridized carbons (Fsp3) is 0.643. The molecule has 2 nitrogen and oxygen atoms in total. The first-order valence-electron chi connectivity index (χ1n) is 6.71. The van der Waals surface area contributed by atoms with Crippen LogP contribution in [0.5, 0.6) is 0 Å². The predicted octanol–water partition coefficient (Wildman–Crippen LogP) is 3.51. The summed E-state index contributed by atoms with van der Waals surface area (Å²) in [7, 11) is 0. The zero-order chi connectivity index (χ0) is 14.5. The summed E-state index contributed by atoms with van der Waals surface area (Å²) in [6.07, 6.45) is -3.81. The number of rotatable bonds is 1. The standard InChI is InChI=1S/C14H15F3O2S/c15-14(16,17)13(19)7-9(11-5-2-6-20-11)8-3-1-4-10(13)12(8)18/h2,5-6,8-10,19H,1,3-4,7H2/t8-,9+,10-,13-/m0/s1. The molecule has 0 radical (unpaired) electrons. The van der Waals surface area contributed by atoms with Crippen LogP contribution in [0.25, 0.3) is 0 Å². The molecule has 1 aromatic rings. The molecule has 0 aromatic carbocycles. The molecule has 0 amide bonds. The molecule has 0 saturated heterocycles. The lowest BCUT2D eigenvalue weighted by Crippen LogP contribution is -2.61. The molecule has 20 heavy (non-hydrogen) atoms. The molecule has 2 aliphatic carbocycles. The maximum absolute atomic E-state index is 13.3. The number of carbonyl (C=O) groups excluding carboxylic acids is 1. The van der Waals surface area contributed by atoms with Gasteiger partial charge in [-0.05, 0) is 30.7 Å². The monoisotopic (exact) mass is 304 g/mol. The minimum atomic E-state index is -4.76. The third-order valence-electron chi connectivity index (χ3n) is 4.71. The van der Waals surface area contributed by atoms with Crippen LogP contribution in [0.4, 0.5) is 13.2 Å². The van der Waals surface area contributed by atoms with Crippen LogP contribution < -0.4 is 0 Å². The number of alkyl halides is 3. The Kier molecular flexibility index (Phi) is 3.21. The summed E-state index contributed by atoms with van der Waals surface area (Å²) in [6.45, 7) is 0. The van der Waals surface area contributed by atoms with Gasteiger partial charge in [0.25, 0.3) is 0 Å². The fourth-order valence-electron chi connectivity index (χ4n) is 3.69. The van der Waals surface area contributed by atoms with Crippen LogP contribution in [0.2, 0.25) is 0 Å². The fourth-order valence-corrected chi connectivity index (χ4v) is 4.59. The third kappa shape index (κ3) is 1.92. The second-order valence-electron chi connectivity index (χ2n) is 5.74. The molecule has 1 aromatic heterocycles. The Morgan fingerprint density at radius 2 is 2.05 bits per heavy atom. The number of halogens is 3. The third-order valence-corrected chi connectivity index (χ3v) is 5.71. The average Bonchev–Trinajstić information content (AvgIpc) is 2.86. The van der Waals surface area contributed by atoms with Crippen molar-refractivity contribution < 1.29 is 23.1 Å². The number of ketones is 1. The smallest absolute Gasteiger partial charge is 0.380 e. The van der Waals surface area contributed by atoms with Gasteiger partial charge in [0.1, 0.15) is 5.78 Å².